The fourth-order valence-corrected chi connectivity index (χ4v) is 2.60. The molecule has 0 saturated carbocycles. The molecular formula is C17H15FN2O. The highest BCUT2D eigenvalue weighted by atomic mass is 19.1. The number of hydrogen-bond acceptors (Lipinski definition) is 2. The number of fused-ring (bicyclic) bond motifs is 1. The molecule has 0 aliphatic carbocycles. The first-order valence-electron chi connectivity index (χ1n) is 6.84. The molecule has 1 aromatic carbocycles. The lowest BCUT2D eigenvalue weighted by Gasteiger charge is -2.14. The van der Waals surface area contributed by atoms with Crippen LogP contribution in [0.4, 0.5) is 4.39 Å². The summed E-state index contributed by atoms with van der Waals surface area (Å²) in [6.07, 6.45) is 2.64. The number of carbonyl (C=O) groups excluding carboxylic acids is 1. The average Bonchev–Trinajstić information content (AvgIpc) is 2.94. The first-order valence-corrected chi connectivity index (χ1v) is 6.84. The van der Waals surface area contributed by atoms with Gasteiger partial charge in [0.1, 0.15) is 11.5 Å². The number of aromatic amines is 1. The summed E-state index contributed by atoms with van der Waals surface area (Å²) >= 11 is 0. The van der Waals surface area contributed by atoms with Gasteiger partial charge in [0.25, 0.3) is 0 Å². The van der Waals surface area contributed by atoms with E-state index in [1.807, 2.05) is 19.9 Å². The Morgan fingerprint density at radius 1 is 1.19 bits per heavy atom. The van der Waals surface area contributed by atoms with Gasteiger partial charge in [-0.3, -0.25) is 4.79 Å². The predicted molar refractivity (Wildman–Crippen MR) is 81.0 cm³/mol. The van der Waals surface area contributed by atoms with Crippen LogP contribution in [0, 0.1) is 5.82 Å². The second-order valence-electron chi connectivity index (χ2n) is 5.31. The quantitative estimate of drug-likeness (QED) is 0.728. The van der Waals surface area contributed by atoms with Crippen molar-refractivity contribution in [1.82, 2.24) is 9.97 Å². The van der Waals surface area contributed by atoms with Crippen LogP contribution >= 0.6 is 0 Å². The third-order valence-electron chi connectivity index (χ3n) is 3.57. The number of rotatable bonds is 3. The van der Waals surface area contributed by atoms with Gasteiger partial charge < -0.3 is 4.98 Å². The Balaban J connectivity index is 2.40. The number of nitrogens with zero attached hydrogens (tertiary/aromatic N) is 1. The van der Waals surface area contributed by atoms with E-state index in [9.17, 15) is 9.18 Å². The van der Waals surface area contributed by atoms with Crippen LogP contribution in [-0.2, 0) is 0 Å². The third-order valence-corrected chi connectivity index (χ3v) is 3.57. The second kappa shape index (κ2) is 5.13. The lowest BCUT2D eigenvalue weighted by atomic mass is 9.93. The lowest BCUT2D eigenvalue weighted by Crippen LogP contribution is -2.03. The highest BCUT2D eigenvalue weighted by molar-refractivity contribution is 6.02. The first-order chi connectivity index (χ1) is 10.1. The van der Waals surface area contributed by atoms with Crippen molar-refractivity contribution >= 4 is 17.3 Å². The van der Waals surface area contributed by atoms with Gasteiger partial charge in [0.15, 0.2) is 6.29 Å². The van der Waals surface area contributed by atoms with E-state index in [2.05, 4.69) is 9.97 Å². The third kappa shape index (κ3) is 2.23. The molecule has 0 aliphatic heterocycles. The minimum absolute atomic E-state index is 0.122. The molecule has 106 valence electrons. The van der Waals surface area contributed by atoms with Gasteiger partial charge in [-0.05, 0) is 29.7 Å². The van der Waals surface area contributed by atoms with Crippen molar-refractivity contribution in [3.63, 3.8) is 0 Å². The Hall–Kier alpha value is -2.49. The monoisotopic (exact) mass is 282 g/mol. The summed E-state index contributed by atoms with van der Waals surface area (Å²) in [5, 5.41) is 0.869. The molecule has 2 aromatic heterocycles. The zero-order chi connectivity index (χ0) is 15.0. The van der Waals surface area contributed by atoms with E-state index < -0.39 is 0 Å². The summed E-state index contributed by atoms with van der Waals surface area (Å²) < 4.78 is 13.2. The van der Waals surface area contributed by atoms with Crippen molar-refractivity contribution in [2.75, 3.05) is 0 Å². The van der Waals surface area contributed by atoms with E-state index in [0.29, 0.717) is 5.56 Å². The van der Waals surface area contributed by atoms with Crippen molar-refractivity contribution in [2.24, 2.45) is 0 Å². The number of H-pyrrole nitrogens is 1. The molecule has 0 fully saturated rings. The Kier molecular flexibility index (Phi) is 3.29. The summed E-state index contributed by atoms with van der Waals surface area (Å²) in [5.74, 6) is -0.174. The van der Waals surface area contributed by atoms with Crippen LogP contribution in [0.25, 0.3) is 22.2 Å². The van der Waals surface area contributed by atoms with Crippen LogP contribution in [0.2, 0.25) is 0 Å². The van der Waals surface area contributed by atoms with E-state index in [1.165, 1.54) is 12.1 Å². The lowest BCUT2D eigenvalue weighted by molar-refractivity contribution is 0.112. The van der Waals surface area contributed by atoms with Crippen molar-refractivity contribution in [3.05, 3.63) is 53.6 Å². The predicted octanol–water partition coefficient (Wildman–Crippen LogP) is 4.30. The highest BCUT2D eigenvalue weighted by Crippen LogP contribution is 2.34. The molecule has 4 heteroatoms. The van der Waals surface area contributed by atoms with Crippen molar-refractivity contribution in [1.29, 1.82) is 0 Å². The Morgan fingerprint density at radius 3 is 2.52 bits per heavy atom. The molecule has 0 radical (unpaired) electrons. The van der Waals surface area contributed by atoms with Crippen molar-refractivity contribution in [3.8, 4) is 11.1 Å². The van der Waals surface area contributed by atoms with Gasteiger partial charge in [-0.25, -0.2) is 9.37 Å². The Bertz CT molecular complexity index is 804. The van der Waals surface area contributed by atoms with E-state index in [-0.39, 0.29) is 11.7 Å². The standard InChI is InChI=1S/C17H15FN2O/c1-10(2)16-14(9-21)15(11-3-5-12(18)6-4-11)13-7-8-19-17(13)20-16/h3-10H,1-2H3,(H,19,20). The molecule has 3 rings (SSSR count). The van der Waals surface area contributed by atoms with E-state index in [0.717, 1.165) is 34.1 Å². The summed E-state index contributed by atoms with van der Waals surface area (Å²) in [5.41, 5.74) is 3.68. The Labute approximate surface area is 121 Å². The summed E-state index contributed by atoms with van der Waals surface area (Å²) in [4.78, 5) is 19.3. The molecule has 3 aromatic rings. The number of hydrogen-bond donors (Lipinski definition) is 1. The molecular weight excluding hydrogens is 267 g/mol. The molecule has 0 atom stereocenters. The summed E-state index contributed by atoms with van der Waals surface area (Å²) in [6, 6.07) is 8.07. The molecule has 0 aliphatic rings. The molecule has 1 N–H and O–H groups in total. The van der Waals surface area contributed by atoms with Gasteiger partial charge in [0.05, 0.1) is 5.69 Å². The molecule has 0 bridgehead atoms. The zero-order valence-corrected chi connectivity index (χ0v) is 11.9. The molecule has 0 unspecified atom stereocenters. The summed E-state index contributed by atoms with van der Waals surface area (Å²) in [6.45, 7) is 4.00. The van der Waals surface area contributed by atoms with Crippen molar-refractivity contribution < 1.29 is 9.18 Å². The molecule has 0 saturated heterocycles. The number of carbonyl (C=O) groups is 1. The highest BCUT2D eigenvalue weighted by Gasteiger charge is 2.18. The van der Waals surface area contributed by atoms with Crippen LogP contribution in [-0.4, -0.2) is 16.3 Å². The van der Waals surface area contributed by atoms with Crippen molar-refractivity contribution in [2.45, 2.75) is 19.8 Å². The normalized spacial score (nSPS) is 11.2. The maximum Gasteiger partial charge on any atom is 0.152 e. The maximum absolute atomic E-state index is 13.2. The number of benzene rings is 1. The fourth-order valence-electron chi connectivity index (χ4n) is 2.60. The molecule has 3 nitrogen and oxygen atoms in total. The fraction of sp³-hybridized carbons (Fsp3) is 0.176. The van der Waals surface area contributed by atoms with E-state index in [4.69, 9.17) is 0 Å². The number of pyridine rings is 1. The van der Waals surface area contributed by atoms with Crippen LogP contribution in [0.5, 0.6) is 0 Å². The summed E-state index contributed by atoms with van der Waals surface area (Å²) in [7, 11) is 0. The number of halogens is 1. The zero-order valence-electron chi connectivity index (χ0n) is 11.9. The van der Waals surface area contributed by atoms with Gasteiger partial charge in [-0.15, -0.1) is 0 Å². The second-order valence-corrected chi connectivity index (χ2v) is 5.31. The van der Waals surface area contributed by atoms with Gasteiger partial charge in [-0.2, -0.15) is 0 Å². The van der Waals surface area contributed by atoms with Gasteiger partial charge in [0.2, 0.25) is 0 Å². The van der Waals surface area contributed by atoms with Crippen LogP contribution in [0.15, 0.2) is 36.5 Å². The topological polar surface area (TPSA) is 45.8 Å². The van der Waals surface area contributed by atoms with E-state index in [1.54, 1.807) is 18.3 Å². The SMILES string of the molecule is CC(C)c1nc2[nH]ccc2c(-c2ccc(F)cc2)c1C=O. The number of aromatic nitrogens is 2. The Morgan fingerprint density at radius 2 is 1.90 bits per heavy atom. The van der Waals surface area contributed by atoms with Crippen LogP contribution in [0.1, 0.15) is 35.8 Å². The molecule has 2 heterocycles. The largest absolute Gasteiger partial charge is 0.346 e. The number of nitrogens with one attached hydrogen (secondary N) is 1. The minimum atomic E-state index is -0.296. The molecule has 21 heavy (non-hydrogen) atoms. The molecule has 0 spiro atoms. The van der Waals surface area contributed by atoms with Crippen LogP contribution in [0.3, 0.4) is 0 Å². The van der Waals surface area contributed by atoms with Gasteiger partial charge >= 0.3 is 0 Å². The van der Waals surface area contributed by atoms with E-state index >= 15 is 0 Å². The van der Waals surface area contributed by atoms with Crippen LogP contribution < -0.4 is 0 Å². The van der Waals surface area contributed by atoms with Gasteiger partial charge in [0, 0.05) is 22.7 Å². The average molecular weight is 282 g/mol. The minimum Gasteiger partial charge on any atom is -0.346 e. The number of aldehydes is 1. The first kappa shape index (κ1) is 13.5. The smallest absolute Gasteiger partial charge is 0.152 e. The molecule has 0 amide bonds. The van der Waals surface area contributed by atoms with Gasteiger partial charge in [-0.1, -0.05) is 26.0 Å². The maximum atomic E-state index is 13.2.